The molecule has 7 rings (SSSR count). The fourth-order valence-electron chi connectivity index (χ4n) is 6.92. The van der Waals surface area contributed by atoms with E-state index in [1.165, 1.54) is 6.08 Å². The number of aryl methyl sites for hydroxylation is 1. The molecule has 3 fully saturated rings. The number of halogens is 2. The summed E-state index contributed by atoms with van der Waals surface area (Å²) < 4.78 is 22.9. The molecule has 0 aliphatic carbocycles. The first-order valence-corrected chi connectivity index (χ1v) is 14.8. The molecule has 0 unspecified atom stereocenters. The lowest BCUT2D eigenvalue weighted by Gasteiger charge is -2.47. The molecule has 4 aromatic rings. The number of amides is 1. The van der Waals surface area contributed by atoms with Crippen LogP contribution in [0.1, 0.15) is 24.8 Å². The number of carbonyl (C=O) groups excluding carboxylic acids is 1. The molecule has 2 aromatic heterocycles. The highest BCUT2D eigenvalue weighted by Crippen LogP contribution is 2.45. The van der Waals surface area contributed by atoms with Gasteiger partial charge in [-0.2, -0.15) is 15.1 Å². The monoisotopic (exact) mass is 589 g/mol. The first-order chi connectivity index (χ1) is 20.3. The number of ether oxygens (including phenoxy) is 1. The molecule has 3 aliphatic rings. The fourth-order valence-corrected chi connectivity index (χ4v) is 7.20. The summed E-state index contributed by atoms with van der Waals surface area (Å²) in [6, 6.07) is 6.07. The maximum Gasteiger partial charge on any atom is 0.319 e. The van der Waals surface area contributed by atoms with Crippen molar-refractivity contribution < 1.29 is 13.9 Å². The van der Waals surface area contributed by atoms with Crippen LogP contribution in [0, 0.1) is 18.2 Å². The van der Waals surface area contributed by atoms with Crippen LogP contribution in [0.2, 0.25) is 5.02 Å². The molecule has 11 heteroatoms. The van der Waals surface area contributed by atoms with Crippen LogP contribution in [0.4, 0.5) is 10.2 Å². The summed E-state index contributed by atoms with van der Waals surface area (Å²) in [6.45, 7) is 9.74. The Kier molecular flexibility index (Phi) is 6.58. The summed E-state index contributed by atoms with van der Waals surface area (Å²) in [5.41, 5.74) is 2.66. The number of fused-ring (bicyclic) bond motifs is 2. The van der Waals surface area contributed by atoms with Crippen molar-refractivity contribution >= 4 is 45.1 Å². The second-order valence-corrected chi connectivity index (χ2v) is 12.4. The summed E-state index contributed by atoms with van der Waals surface area (Å²) >= 11 is 6.89. The highest BCUT2D eigenvalue weighted by atomic mass is 35.5. The first kappa shape index (κ1) is 27.1. The normalized spacial score (nSPS) is 20.1. The van der Waals surface area contributed by atoms with Gasteiger partial charge in [-0.25, -0.2) is 4.39 Å². The summed E-state index contributed by atoms with van der Waals surface area (Å²) in [5, 5.41) is 8.86. The zero-order chi connectivity index (χ0) is 29.2. The average Bonchev–Trinajstić information content (AvgIpc) is 3.71. The number of nitrogens with one attached hydrogen (secondary N) is 1. The lowest BCUT2D eigenvalue weighted by molar-refractivity contribution is -0.136. The fraction of sp³-hybridized carbons (Fsp3) is 0.419. The zero-order valence-corrected chi connectivity index (χ0v) is 24.5. The van der Waals surface area contributed by atoms with E-state index in [-0.39, 0.29) is 39.5 Å². The van der Waals surface area contributed by atoms with E-state index in [2.05, 4.69) is 38.6 Å². The van der Waals surface area contributed by atoms with Crippen LogP contribution in [-0.2, 0) is 4.79 Å². The van der Waals surface area contributed by atoms with Gasteiger partial charge in [0.25, 0.3) is 0 Å². The van der Waals surface area contributed by atoms with E-state index in [1.807, 2.05) is 24.0 Å². The molecule has 2 aromatic carbocycles. The molecule has 0 radical (unpaired) electrons. The van der Waals surface area contributed by atoms with Crippen molar-refractivity contribution in [3.8, 4) is 17.1 Å². The Balaban J connectivity index is 1.32. The molecule has 42 heavy (non-hydrogen) atoms. The second kappa shape index (κ2) is 10.2. The van der Waals surface area contributed by atoms with E-state index in [9.17, 15) is 4.79 Å². The van der Waals surface area contributed by atoms with E-state index in [0.29, 0.717) is 43.0 Å². The molecule has 0 bridgehead atoms. The van der Waals surface area contributed by atoms with Gasteiger partial charge in [0, 0.05) is 59.5 Å². The van der Waals surface area contributed by atoms with E-state index < -0.39 is 5.82 Å². The molecular formula is C31H33ClFN7O2. The summed E-state index contributed by atoms with van der Waals surface area (Å²) in [7, 11) is 2.09. The van der Waals surface area contributed by atoms with Gasteiger partial charge in [-0.05, 0) is 57.5 Å². The van der Waals surface area contributed by atoms with Gasteiger partial charge in [-0.15, -0.1) is 0 Å². The number of aromatic amines is 1. The molecule has 9 nitrogen and oxygen atoms in total. The number of aromatic nitrogens is 4. The van der Waals surface area contributed by atoms with Gasteiger partial charge in [0.2, 0.25) is 5.91 Å². The predicted molar refractivity (Wildman–Crippen MR) is 162 cm³/mol. The second-order valence-electron chi connectivity index (χ2n) is 12.0. The minimum atomic E-state index is -0.519. The summed E-state index contributed by atoms with van der Waals surface area (Å²) in [4.78, 5) is 27.8. The number of anilines is 1. The Morgan fingerprint density at radius 2 is 2.10 bits per heavy atom. The molecule has 3 saturated heterocycles. The molecule has 1 N–H and O–H groups in total. The van der Waals surface area contributed by atoms with Gasteiger partial charge in [-0.3, -0.25) is 9.89 Å². The number of likely N-dealkylation sites (tertiary alicyclic amines) is 2. The number of nitrogens with zero attached hydrogens (tertiary/aromatic N) is 6. The minimum absolute atomic E-state index is 0.0286. The number of benzene rings is 2. The lowest BCUT2D eigenvalue weighted by atomic mass is 9.79. The van der Waals surface area contributed by atoms with Gasteiger partial charge >= 0.3 is 6.01 Å². The smallest absolute Gasteiger partial charge is 0.319 e. The molecule has 0 saturated carbocycles. The number of rotatable bonds is 6. The highest BCUT2D eigenvalue weighted by Gasteiger charge is 2.49. The van der Waals surface area contributed by atoms with E-state index in [1.54, 1.807) is 12.3 Å². The summed E-state index contributed by atoms with van der Waals surface area (Å²) in [6.07, 6.45) is 6.12. The van der Waals surface area contributed by atoms with Gasteiger partial charge in [0.15, 0.2) is 5.82 Å². The molecule has 3 aliphatic heterocycles. The standard InChI is InChI=1S/C31H33ClFN7O2/c1-4-23(41)40-16-31(17-40)9-11-39(15-31)29-21-12-22(32)25(24-18(2)7-8-19-13-34-37-27(19)24)26(33)28(21)35-30(36-29)42-14-20-6-5-10-38(20)3/h4,7-8,12-13,20H,1,5-6,9-11,14-17H2,2-3H3,(H,34,37)/t20-/m0/s1. The van der Waals surface area contributed by atoms with Crippen molar-refractivity contribution in [3.05, 3.63) is 53.5 Å². The van der Waals surface area contributed by atoms with Gasteiger partial charge in [0.05, 0.1) is 16.7 Å². The maximum absolute atomic E-state index is 16.7. The Bertz CT molecular complexity index is 1730. The number of hydrogen-bond donors (Lipinski definition) is 1. The van der Waals surface area contributed by atoms with Crippen molar-refractivity contribution in [2.45, 2.75) is 32.2 Å². The SMILES string of the molecule is C=CC(=O)N1CC2(CCN(c3nc(OC[C@@H]4CCCN4C)nc4c(F)c(-c5c(C)ccc6cn[nH]c56)c(Cl)cc34)C2)C1. The number of likely N-dealkylation sites (N-methyl/N-ethyl adjacent to an activating group) is 1. The lowest BCUT2D eigenvalue weighted by Crippen LogP contribution is -2.59. The zero-order valence-electron chi connectivity index (χ0n) is 23.8. The Labute approximate surface area is 248 Å². The Hall–Kier alpha value is -3.76. The van der Waals surface area contributed by atoms with Gasteiger partial charge in [-0.1, -0.05) is 30.3 Å². The van der Waals surface area contributed by atoms with Crippen molar-refractivity contribution in [3.63, 3.8) is 0 Å². The van der Waals surface area contributed by atoms with Crippen LogP contribution in [-0.4, -0.2) is 88.3 Å². The third-order valence-corrected chi connectivity index (χ3v) is 9.57. The molecule has 1 amide bonds. The number of hydrogen-bond acceptors (Lipinski definition) is 7. The van der Waals surface area contributed by atoms with Crippen LogP contribution in [0.5, 0.6) is 6.01 Å². The van der Waals surface area contributed by atoms with E-state index >= 15 is 4.39 Å². The molecule has 5 heterocycles. The minimum Gasteiger partial charge on any atom is -0.462 e. The van der Waals surface area contributed by atoms with Crippen molar-refractivity contribution in [1.82, 2.24) is 30.0 Å². The summed E-state index contributed by atoms with van der Waals surface area (Å²) in [5.74, 6) is 0.0292. The maximum atomic E-state index is 16.7. The largest absolute Gasteiger partial charge is 0.462 e. The molecule has 1 spiro atoms. The third kappa shape index (κ3) is 4.39. The van der Waals surface area contributed by atoms with Crippen LogP contribution in [0.3, 0.4) is 0 Å². The van der Waals surface area contributed by atoms with Crippen molar-refractivity contribution in [2.24, 2.45) is 5.41 Å². The number of H-pyrrole nitrogens is 1. The van der Waals surface area contributed by atoms with Crippen LogP contribution < -0.4 is 9.64 Å². The third-order valence-electron chi connectivity index (χ3n) is 9.27. The van der Waals surface area contributed by atoms with Crippen LogP contribution in [0.15, 0.2) is 37.1 Å². The Morgan fingerprint density at radius 1 is 1.26 bits per heavy atom. The van der Waals surface area contributed by atoms with Crippen molar-refractivity contribution in [1.29, 1.82) is 0 Å². The Morgan fingerprint density at radius 3 is 2.86 bits per heavy atom. The van der Waals surface area contributed by atoms with E-state index in [4.69, 9.17) is 21.3 Å². The van der Waals surface area contributed by atoms with Crippen molar-refractivity contribution in [2.75, 3.05) is 51.3 Å². The highest BCUT2D eigenvalue weighted by molar-refractivity contribution is 6.35. The molecular weight excluding hydrogens is 557 g/mol. The predicted octanol–water partition coefficient (Wildman–Crippen LogP) is 4.97. The average molecular weight is 590 g/mol. The quantitative estimate of drug-likeness (QED) is 0.318. The van der Waals surface area contributed by atoms with E-state index in [0.717, 1.165) is 48.8 Å². The van der Waals surface area contributed by atoms with Gasteiger partial charge in [0.1, 0.15) is 17.9 Å². The van der Waals surface area contributed by atoms with Crippen LogP contribution >= 0.6 is 11.6 Å². The first-order valence-electron chi connectivity index (χ1n) is 14.4. The molecule has 1 atom stereocenters. The number of carbonyl (C=O) groups is 1. The van der Waals surface area contributed by atoms with Gasteiger partial charge < -0.3 is 19.4 Å². The molecule has 218 valence electrons. The van der Waals surface area contributed by atoms with Crippen LogP contribution in [0.25, 0.3) is 32.9 Å². The topological polar surface area (TPSA) is 90.5 Å².